The number of hydrogen-bond donors (Lipinski definition) is 0. The van der Waals surface area contributed by atoms with Gasteiger partial charge in [0.2, 0.25) is 15.9 Å². The van der Waals surface area contributed by atoms with Crippen LogP contribution in [0.25, 0.3) is 0 Å². The van der Waals surface area contributed by atoms with Crippen LogP contribution in [0, 0.1) is 0 Å². The fraction of sp³-hybridized carbons (Fsp3) is 0.650. The van der Waals surface area contributed by atoms with Crippen molar-refractivity contribution in [1.82, 2.24) is 14.1 Å². The Balaban J connectivity index is 1.45. The van der Waals surface area contributed by atoms with E-state index in [0.29, 0.717) is 39.1 Å². The number of amides is 1. The summed E-state index contributed by atoms with van der Waals surface area (Å²) in [5.41, 5.74) is 0. The Bertz CT molecular complexity index is 733. The molecule has 2 fully saturated rings. The molecule has 8 heteroatoms. The lowest BCUT2D eigenvalue weighted by atomic mass is 10.2. The number of nitrogens with zero attached hydrogens (tertiary/aromatic N) is 3. The Morgan fingerprint density at radius 3 is 2.50 bits per heavy atom. The molecule has 0 radical (unpaired) electrons. The van der Waals surface area contributed by atoms with Crippen LogP contribution in [0.2, 0.25) is 0 Å². The van der Waals surface area contributed by atoms with Crippen molar-refractivity contribution in [2.45, 2.75) is 32.2 Å². The first-order valence-corrected chi connectivity index (χ1v) is 11.8. The summed E-state index contributed by atoms with van der Waals surface area (Å²) in [6.45, 7) is 6.61. The zero-order valence-corrected chi connectivity index (χ0v) is 17.4. The summed E-state index contributed by atoms with van der Waals surface area (Å²) in [6, 6.07) is 9.23. The van der Waals surface area contributed by atoms with E-state index < -0.39 is 16.1 Å². The number of carbonyl (C=O) groups is 1. The van der Waals surface area contributed by atoms with Gasteiger partial charge in [-0.25, -0.2) is 8.42 Å². The van der Waals surface area contributed by atoms with Crippen LogP contribution in [0.15, 0.2) is 30.3 Å². The van der Waals surface area contributed by atoms with E-state index in [1.807, 2.05) is 42.2 Å². The zero-order valence-electron chi connectivity index (χ0n) is 16.6. The first-order chi connectivity index (χ1) is 13.5. The Kier molecular flexibility index (Phi) is 7.31. The van der Waals surface area contributed by atoms with Crippen molar-refractivity contribution >= 4 is 15.9 Å². The van der Waals surface area contributed by atoms with Crippen molar-refractivity contribution in [1.29, 1.82) is 0 Å². The maximum Gasteiger partial charge on any atom is 0.241 e. The summed E-state index contributed by atoms with van der Waals surface area (Å²) in [5.74, 6) is 0.953. The molecule has 28 heavy (non-hydrogen) atoms. The van der Waals surface area contributed by atoms with E-state index in [-0.39, 0.29) is 11.7 Å². The quantitative estimate of drug-likeness (QED) is 0.649. The number of carbonyl (C=O) groups excluding carboxylic acids is 1. The summed E-state index contributed by atoms with van der Waals surface area (Å²) < 4.78 is 32.1. The van der Waals surface area contributed by atoms with Crippen molar-refractivity contribution in [3.05, 3.63) is 30.3 Å². The van der Waals surface area contributed by atoms with Gasteiger partial charge in [0, 0.05) is 39.3 Å². The van der Waals surface area contributed by atoms with Gasteiger partial charge in [-0.1, -0.05) is 25.1 Å². The van der Waals surface area contributed by atoms with Crippen molar-refractivity contribution in [3.8, 4) is 5.75 Å². The minimum absolute atomic E-state index is 0.0302. The van der Waals surface area contributed by atoms with Crippen LogP contribution in [0.1, 0.15) is 26.2 Å². The molecule has 1 unspecified atom stereocenters. The monoisotopic (exact) mass is 409 g/mol. The molecular weight excluding hydrogens is 378 g/mol. The number of piperazine rings is 1. The van der Waals surface area contributed by atoms with Crippen LogP contribution >= 0.6 is 0 Å². The molecule has 0 N–H and O–H groups in total. The van der Waals surface area contributed by atoms with Crippen LogP contribution in [-0.2, 0) is 14.8 Å². The highest BCUT2D eigenvalue weighted by molar-refractivity contribution is 7.89. The average molecular weight is 410 g/mol. The van der Waals surface area contributed by atoms with E-state index >= 15 is 0 Å². The van der Waals surface area contributed by atoms with Gasteiger partial charge in [-0.15, -0.1) is 0 Å². The molecule has 7 nitrogen and oxygen atoms in total. The summed E-state index contributed by atoms with van der Waals surface area (Å²) >= 11 is 0. The molecule has 0 saturated carbocycles. The van der Waals surface area contributed by atoms with Gasteiger partial charge < -0.3 is 9.64 Å². The molecule has 2 heterocycles. The fourth-order valence-corrected chi connectivity index (χ4v) is 5.65. The molecule has 1 amide bonds. The largest absolute Gasteiger partial charge is 0.492 e. The second-order valence-electron chi connectivity index (χ2n) is 7.41. The second-order valence-corrected chi connectivity index (χ2v) is 9.45. The number of ether oxygens (including phenoxy) is 1. The SMILES string of the molecule is CCCS(=O)(=O)N1CCCC1C(=O)N1CCN(CCOc2ccccc2)CC1. The topological polar surface area (TPSA) is 70.2 Å². The van der Waals surface area contributed by atoms with Gasteiger partial charge in [-0.2, -0.15) is 4.31 Å². The molecule has 1 aromatic rings. The Morgan fingerprint density at radius 1 is 1.11 bits per heavy atom. The molecule has 0 aromatic heterocycles. The van der Waals surface area contributed by atoms with E-state index in [4.69, 9.17) is 4.74 Å². The Hall–Kier alpha value is -1.64. The highest BCUT2D eigenvalue weighted by Gasteiger charge is 2.40. The van der Waals surface area contributed by atoms with Crippen LogP contribution in [0.5, 0.6) is 5.75 Å². The normalized spacial score (nSPS) is 21.8. The average Bonchev–Trinajstić information content (AvgIpc) is 3.20. The van der Waals surface area contributed by atoms with E-state index in [2.05, 4.69) is 4.90 Å². The molecule has 2 saturated heterocycles. The van der Waals surface area contributed by atoms with Crippen LogP contribution in [0.3, 0.4) is 0 Å². The number of rotatable bonds is 8. The van der Waals surface area contributed by atoms with E-state index in [1.165, 1.54) is 4.31 Å². The molecule has 3 rings (SSSR count). The van der Waals surface area contributed by atoms with Crippen molar-refractivity contribution in [3.63, 3.8) is 0 Å². The third kappa shape index (κ3) is 5.24. The van der Waals surface area contributed by atoms with Gasteiger partial charge in [0.15, 0.2) is 0 Å². The third-order valence-corrected chi connectivity index (χ3v) is 7.49. The number of para-hydroxylation sites is 1. The predicted octanol–water partition coefficient (Wildman–Crippen LogP) is 1.41. The predicted molar refractivity (Wildman–Crippen MR) is 109 cm³/mol. The molecule has 1 atom stereocenters. The summed E-state index contributed by atoms with van der Waals surface area (Å²) in [4.78, 5) is 17.1. The van der Waals surface area contributed by atoms with Crippen molar-refractivity contribution < 1.29 is 17.9 Å². The van der Waals surface area contributed by atoms with Gasteiger partial charge in [0.25, 0.3) is 0 Å². The maximum atomic E-state index is 12.9. The lowest BCUT2D eigenvalue weighted by Gasteiger charge is -2.37. The zero-order chi connectivity index (χ0) is 20.0. The molecule has 1 aromatic carbocycles. The van der Waals surface area contributed by atoms with Gasteiger partial charge in [0.05, 0.1) is 5.75 Å². The van der Waals surface area contributed by atoms with Crippen molar-refractivity contribution in [2.75, 3.05) is 51.6 Å². The Labute approximate surface area is 168 Å². The molecular formula is C20H31N3O4S. The molecule has 0 spiro atoms. The van der Waals surface area contributed by atoms with Crippen molar-refractivity contribution in [2.24, 2.45) is 0 Å². The smallest absolute Gasteiger partial charge is 0.241 e. The Morgan fingerprint density at radius 2 is 1.82 bits per heavy atom. The summed E-state index contributed by atoms with van der Waals surface area (Å²) in [7, 11) is -3.33. The summed E-state index contributed by atoms with van der Waals surface area (Å²) in [5, 5.41) is 0. The van der Waals surface area contributed by atoms with Gasteiger partial charge in [-0.05, 0) is 31.4 Å². The lowest BCUT2D eigenvalue weighted by molar-refractivity contribution is -0.136. The van der Waals surface area contributed by atoms with Crippen LogP contribution in [-0.4, -0.2) is 86.1 Å². The third-order valence-electron chi connectivity index (χ3n) is 5.41. The molecule has 0 aliphatic carbocycles. The first-order valence-electron chi connectivity index (χ1n) is 10.2. The molecule has 2 aliphatic heterocycles. The lowest BCUT2D eigenvalue weighted by Crippen LogP contribution is -2.54. The number of sulfonamides is 1. The number of benzene rings is 1. The van der Waals surface area contributed by atoms with Crippen LogP contribution < -0.4 is 4.74 Å². The maximum absolute atomic E-state index is 12.9. The fourth-order valence-electron chi connectivity index (χ4n) is 3.91. The van der Waals surface area contributed by atoms with Crippen LogP contribution in [0.4, 0.5) is 0 Å². The van der Waals surface area contributed by atoms with E-state index in [1.54, 1.807) is 0 Å². The van der Waals surface area contributed by atoms with Gasteiger partial charge in [0.1, 0.15) is 18.4 Å². The first kappa shape index (κ1) is 21.1. The molecule has 2 aliphatic rings. The van der Waals surface area contributed by atoms with E-state index in [9.17, 15) is 13.2 Å². The molecule has 0 bridgehead atoms. The minimum atomic E-state index is -3.33. The summed E-state index contributed by atoms with van der Waals surface area (Å²) in [6.07, 6.45) is 1.96. The highest BCUT2D eigenvalue weighted by atomic mass is 32.2. The van der Waals surface area contributed by atoms with Gasteiger partial charge >= 0.3 is 0 Å². The highest BCUT2D eigenvalue weighted by Crippen LogP contribution is 2.24. The standard InChI is InChI=1S/C20H31N3O4S/c1-2-17-28(25,26)23-10-6-9-19(23)20(24)22-13-11-21(12-14-22)15-16-27-18-7-4-3-5-8-18/h3-5,7-8,19H,2,6,9-17H2,1H3. The molecule has 156 valence electrons. The second kappa shape index (κ2) is 9.71. The van der Waals surface area contributed by atoms with Gasteiger partial charge in [-0.3, -0.25) is 9.69 Å². The number of hydrogen-bond acceptors (Lipinski definition) is 5. The van der Waals surface area contributed by atoms with E-state index in [0.717, 1.165) is 31.8 Å². The minimum Gasteiger partial charge on any atom is -0.492 e.